The Balaban J connectivity index is 0. The van der Waals surface area contributed by atoms with E-state index in [2.05, 4.69) is 0 Å². The van der Waals surface area contributed by atoms with Crippen LogP contribution in [-0.2, 0) is 58.4 Å². The van der Waals surface area contributed by atoms with E-state index in [4.69, 9.17) is 0 Å². The molecule has 16 nitrogen and oxygen atoms in total. The third-order valence-corrected chi connectivity index (χ3v) is 0. The van der Waals surface area contributed by atoms with Gasteiger partial charge in [-0.2, -0.15) is 0 Å². The van der Waals surface area contributed by atoms with Gasteiger partial charge in [0.25, 0.3) is 0 Å². The van der Waals surface area contributed by atoms with Crippen LogP contribution in [0.25, 0.3) is 0 Å². The van der Waals surface area contributed by atoms with E-state index in [1.54, 1.807) is 0 Å². The quantitative estimate of drug-likeness (QED) is 0.175. The van der Waals surface area contributed by atoms with E-state index in [1.807, 2.05) is 0 Å². The van der Waals surface area contributed by atoms with Gasteiger partial charge in [-0.15, -0.1) is 0 Å². The van der Waals surface area contributed by atoms with E-state index in [0.29, 0.717) is 0 Å². The van der Waals surface area contributed by atoms with E-state index in [0.717, 1.165) is 0 Å². The smallest absolute Gasteiger partial charge is 0 e. The van der Waals surface area contributed by atoms with Crippen molar-refractivity contribution < 1.29 is 69.4 Å². The third-order valence-electron chi connectivity index (χ3n) is 0. The fourth-order valence-corrected chi connectivity index (χ4v) is 0. The van der Waals surface area contributed by atoms with Crippen LogP contribution in [0.3, 0.4) is 0 Å². The molecule has 0 aliphatic carbocycles. The van der Waals surface area contributed by atoms with Gasteiger partial charge in [-0.3, -0.25) is 0 Å². The predicted octanol–water partition coefficient (Wildman–Crippen LogP) is 0.611. The molecule has 0 saturated carbocycles. The Morgan fingerprint density at radius 2 is 0.158 bits per heavy atom. The summed E-state index contributed by atoms with van der Waals surface area (Å²) in [7, 11) is 0. The molecule has 0 aliphatic heterocycles. The molecule has 19 heavy (non-hydrogen) atoms. The minimum absolute atomic E-state index is 0. The molecule has 0 unspecified atom stereocenters. The SMILES string of the molecule is N.N.N.N.N.N.N.N.N.N.N.N.N.N.O.O.[Ru].[Ru].[Ru]. The first-order valence-corrected chi connectivity index (χ1v) is 0. The summed E-state index contributed by atoms with van der Waals surface area (Å²) in [6, 6.07) is 0. The molecule has 0 aliphatic rings. The molecule has 19 heteroatoms. The van der Waals surface area contributed by atoms with E-state index in [9.17, 15) is 0 Å². The molecule has 0 saturated heterocycles. The standard InChI is InChI=1S/14H3N.2H2O.3Ru/h14*1H3;2*1H2;;;. The summed E-state index contributed by atoms with van der Waals surface area (Å²) in [6.07, 6.45) is 0. The Labute approximate surface area is 155 Å². The molecule has 0 aromatic rings. The largest absolute Gasteiger partial charge is 0.412 e. The molecule has 0 rings (SSSR count). The van der Waals surface area contributed by atoms with Crippen LogP contribution in [-0.4, -0.2) is 11.0 Å². The van der Waals surface area contributed by atoms with Crippen molar-refractivity contribution in [3.05, 3.63) is 0 Å². The minimum Gasteiger partial charge on any atom is -0.412 e. The van der Waals surface area contributed by atoms with Gasteiger partial charge in [0.05, 0.1) is 0 Å². The second-order valence-corrected chi connectivity index (χ2v) is 0. The summed E-state index contributed by atoms with van der Waals surface area (Å²) >= 11 is 0. The first-order valence-electron chi connectivity index (χ1n) is 0. The monoisotopic (exact) mass is 580 g/mol. The van der Waals surface area contributed by atoms with Crippen LogP contribution in [0.5, 0.6) is 0 Å². The maximum Gasteiger partial charge on any atom is 0 e. The first kappa shape index (κ1) is 4940. The molecule has 0 aromatic carbocycles. The molecule has 0 aromatic heterocycles. The number of hydrogen-bond acceptors (Lipinski definition) is 14. The molecule has 46 N–H and O–H groups in total. The second kappa shape index (κ2) is 4220. The summed E-state index contributed by atoms with van der Waals surface area (Å²) in [5, 5.41) is 0. The molecule has 0 spiro atoms. The van der Waals surface area contributed by atoms with Crippen LogP contribution in [0.4, 0.5) is 0 Å². The van der Waals surface area contributed by atoms with Gasteiger partial charge in [0.1, 0.15) is 0 Å². The molecule has 0 heterocycles. The van der Waals surface area contributed by atoms with Crippen LogP contribution >= 0.6 is 0 Å². The Morgan fingerprint density at radius 3 is 0.158 bits per heavy atom. The molecule has 152 valence electrons. The van der Waals surface area contributed by atoms with Gasteiger partial charge in [-0.05, 0) is 0 Å². The maximum absolute atomic E-state index is 0. The fourth-order valence-electron chi connectivity index (χ4n) is 0. The topological polar surface area (TPSA) is 553 Å². The zero-order chi connectivity index (χ0) is 0. The normalized spacial score (nSPS) is 0. The van der Waals surface area contributed by atoms with Crippen molar-refractivity contribution in [1.82, 2.24) is 86.1 Å². The average molecular weight is 578 g/mol. The van der Waals surface area contributed by atoms with Gasteiger partial charge in [0, 0.05) is 58.4 Å². The van der Waals surface area contributed by atoms with Gasteiger partial charge in [0.15, 0.2) is 0 Å². The Morgan fingerprint density at radius 1 is 0.158 bits per heavy atom. The van der Waals surface area contributed by atoms with Gasteiger partial charge in [-0.1, -0.05) is 0 Å². The van der Waals surface area contributed by atoms with Crippen LogP contribution in [0, 0.1) is 0 Å². The van der Waals surface area contributed by atoms with Crippen molar-refractivity contribution in [3.63, 3.8) is 0 Å². The number of rotatable bonds is 0. The van der Waals surface area contributed by atoms with Gasteiger partial charge < -0.3 is 97.1 Å². The Kier molecular flexibility index (Phi) is 1100000. The second-order valence-electron chi connectivity index (χ2n) is 0. The van der Waals surface area contributed by atoms with E-state index in [1.165, 1.54) is 0 Å². The van der Waals surface area contributed by atoms with Crippen molar-refractivity contribution in [2.45, 2.75) is 0 Å². The van der Waals surface area contributed by atoms with Crippen molar-refractivity contribution in [1.29, 1.82) is 0 Å². The molecular formula is H46N14O2Ru3. The maximum atomic E-state index is 0. The van der Waals surface area contributed by atoms with Crippen LogP contribution in [0.2, 0.25) is 0 Å². The minimum atomic E-state index is 0. The van der Waals surface area contributed by atoms with Crippen LogP contribution < -0.4 is 86.1 Å². The molecule has 0 atom stereocenters. The molecule has 0 bridgehead atoms. The fraction of sp³-hybridized carbons (Fsp3) is 0. The zero-order valence-corrected chi connectivity index (χ0v) is 17.2. The molecule has 0 radical (unpaired) electrons. The van der Waals surface area contributed by atoms with Crippen LogP contribution in [0.15, 0.2) is 0 Å². The average Bonchev–Trinajstić information content (AvgIpc) is 0. The first-order chi connectivity index (χ1) is 0. The summed E-state index contributed by atoms with van der Waals surface area (Å²) in [4.78, 5) is 0. The van der Waals surface area contributed by atoms with Crippen molar-refractivity contribution in [2.24, 2.45) is 0 Å². The summed E-state index contributed by atoms with van der Waals surface area (Å²) in [5.74, 6) is 0. The molecule has 0 fully saturated rings. The molecular weight excluding hydrogens is 531 g/mol. The Hall–Kier alpha value is 1.23. The van der Waals surface area contributed by atoms with E-state index < -0.39 is 0 Å². The van der Waals surface area contributed by atoms with Gasteiger partial charge >= 0.3 is 0 Å². The van der Waals surface area contributed by atoms with Gasteiger partial charge in [-0.25, -0.2) is 0 Å². The Bertz CT molecular complexity index is 20.7. The van der Waals surface area contributed by atoms with E-state index in [-0.39, 0.29) is 155 Å². The zero-order valence-electron chi connectivity index (χ0n) is 12.0. The predicted molar refractivity (Wildman–Crippen MR) is 77.5 cm³/mol. The summed E-state index contributed by atoms with van der Waals surface area (Å²) in [6.45, 7) is 0. The van der Waals surface area contributed by atoms with Gasteiger partial charge in [0.2, 0.25) is 0 Å². The molecule has 0 amide bonds. The van der Waals surface area contributed by atoms with Crippen LogP contribution in [0.1, 0.15) is 0 Å². The van der Waals surface area contributed by atoms with Crippen molar-refractivity contribution >= 4 is 0 Å². The summed E-state index contributed by atoms with van der Waals surface area (Å²) < 4.78 is 0. The number of hydrogen-bond donors (Lipinski definition) is 14. The summed E-state index contributed by atoms with van der Waals surface area (Å²) in [5.41, 5.74) is 0. The third kappa shape index (κ3) is 3770. The van der Waals surface area contributed by atoms with E-state index >= 15 is 0 Å². The van der Waals surface area contributed by atoms with Crippen molar-refractivity contribution in [2.75, 3.05) is 0 Å². The van der Waals surface area contributed by atoms with Crippen molar-refractivity contribution in [3.8, 4) is 0 Å².